The first-order chi connectivity index (χ1) is 14.6. The molecule has 0 atom stereocenters. The molecule has 0 spiro atoms. The minimum absolute atomic E-state index is 0.0169. The van der Waals surface area contributed by atoms with Crippen molar-refractivity contribution in [1.29, 1.82) is 0 Å². The van der Waals surface area contributed by atoms with Crippen LogP contribution in [-0.2, 0) is 11.3 Å². The van der Waals surface area contributed by atoms with Gasteiger partial charge in [-0.2, -0.15) is 0 Å². The van der Waals surface area contributed by atoms with Crippen molar-refractivity contribution in [3.05, 3.63) is 54.0 Å². The van der Waals surface area contributed by atoms with Gasteiger partial charge in [0.1, 0.15) is 6.26 Å². The molecule has 1 aromatic carbocycles. The Hall–Kier alpha value is -2.76. The summed E-state index contributed by atoms with van der Waals surface area (Å²) in [5.41, 5.74) is 3.01. The molecule has 2 amide bonds. The van der Waals surface area contributed by atoms with Gasteiger partial charge in [0.15, 0.2) is 0 Å². The second kappa shape index (κ2) is 9.37. The van der Waals surface area contributed by atoms with E-state index in [0.717, 1.165) is 18.7 Å². The van der Waals surface area contributed by atoms with Crippen molar-refractivity contribution in [3.8, 4) is 0 Å². The first-order valence-corrected chi connectivity index (χ1v) is 11.0. The van der Waals surface area contributed by atoms with E-state index in [1.807, 2.05) is 16.8 Å². The van der Waals surface area contributed by atoms with Gasteiger partial charge in [0.2, 0.25) is 5.91 Å². The van der Waals surface area contributed by atoms with E-state index in [-0.39, 0.29) is 17.7 Å². The van der Waals surface area contributed by atoms with E-state index in [4.69, 9.17) is 4.42 Å². The Balaban J connectivity index is 1.27. The number of carbonyl (C=O) groups is 2. The average molecular weight is 410 g/mol. The second-order valence-corrected chi connectivity index (χ2v) is 8.49. The lowest BCUT2D eigenvalue weighted by Crippen LogP contribution is -2.43. The lowest BCUT2D eigenvalue weighted by atomic mass is 9.95. The molecule has 6 heteroatoms. The van der Waals surface area contributed by atoms with Crippen LogP contribution in [0.2, 0.25) is 0 Å². The lowest BCUT2D eigenvalue weighted by Gasteiger charge is -2.33. The molecule has 2 saturated heterocycles. The molecule has 2 fully saturated rings. The fourth-order valence-corrected chi connectivity index (χ4v) is 4.53. The maximum Gasteiger partial charge on any atom is 0.257 e. The minimum atomic E-state index is -0.0176. The van der Waals surface area contributed by atoms with Gasteiger partial charge in [-0.05, 0) is 55.9 Å². The molecule has 30 heavy (non-hydrogen) atoms. The molecule has 1 aromatic heterocycles. The van der Waals surface area contributed by atoms with E-state index in [2.05, 4.69) is 29.2 Å². The Bertz CT molecular complexity index is 833. The van der Waals surface area contributed by atoms with Gasteiger partial charge in [0.25, 0.3) is 5.91 Å². The Kier molecular flexibility index (Phi) is 6.41. The van der Waals surface area contributed by atoms with Gasteiger partial charge < -0.3 is 19.1 Å². The predicted molar refractivity (Wildman–Crippen MR) is 116 cm³/mol. The van der Waals surface area contributed by atoms with E-state index in [1.165, 1.54) is 37.5 Å². The van der Waals surface area contributed by atoms with Crippen molar-refractivity contribution in [2.24, 2.45) is 5.92 Å². The summed E-state index contributed by atoms with van der Waals surface area (Å²) in [6.45, 7) is 4.12. The molecule has 0 saturated carbocycles. The van der Waals surface area contributed by atoms with Gasteiger partial charge in [-0.15, -0.1) is 0 Å². The van der Waals surface area contributed by atoms with Crippen LogP contribution in [0.15, 0.2) is 47.3 Å². The first kappa shape index (κ1) is 20.5. The Morgan fingerprint density at radius 2 is 1.70 bits per heavy atom. The molecule has 0 bridgehead atoms. The molecule has 0 radical (unpaired) electrons. The van der Waals surface area contributed by atoms with Crippen LogP contribution in [0, 0.1) is 5.92 Å². The maximum atomic E-state index is 12.9. The molecule has 0 aliphatic carbocycles. The number of rotatable bonds is 5. The van der Waals surface area contributed by atoms with Gasteiger partial charge in [-0.1, -0.05) is 12.1 Å². The standard InChI is InChI=1S/C24H31N3O3/c1-25(17-19-5-7-22(8-6-19)26-12-3-2-4-13-26)23(28)20-9-14-27(15-10-20)24(29)21-11-16-30-18-21/h5-8,11,16,18,20H,2-4,9-10,12-15,17H2,1H3. The maximum absolute atomic E-state index is 12.9. The normalized spacial score (nSPS) is 17.8. The van der Waals surface area contributed by atoms with Gasteiger partial charge >= 0.3 is 0 Å². The summed E-state index contributed by atoms with van der Waals surface area (Å²) >= 11 is 0. The van der Waals surface area contributed by atoms with Crippen LogP contribution in [-0.4, -0.2) is 54.8 Å². The molecule has 2 aliphatic rings. The topological polar surface area (TPSA) is 57.0 Å². The van der Waals surface area contributed by atoms with Crippen molar-refractivity contribution in [2.45, 2.75) is 38.6 Å². The molecule has 0 N–H and O–H groups in total. The van der Waals surface area contributed by atoms with E-state index in [0.29, 0.717) is 38.0 Å². The van der Waals surface area contributed by atoms with Gasteiger partial charge in [-0.3, -0.25) is 9.59 Å². The Morgan fingerprint density at radius 3 is 2.33 bits per heavy atom. The van der Waals surface area contributed by atoms with Gasteiger partial charge in [-0.25, -0.2) is 0 Å². The molecule has 4 rings (SSSR count). The van der Waals surface area contributed by atoms with Crippen LogP contribution >= 0.6 is 0 Å². The van der Waals surface area contributed by atoms with Crippen LogP contribution < -0.4 is 4.90 Å². The number of benzene rings is 1. The Morgan fingerprint density at radius 1 is 1.00 bits per heavy atom. The SMILES string of the molecule is CN(Cc1ccc(N2CCCCC2)cc1)C(=O)C1CCN(C(=O)c2ccoc2)CC1. The van der Waals surface area contributed by atoms with Crippen molar-refractivity contribution in [1.82, 2.24) is 9.80 Å². The number of furan rings is 1. The number of anilines is 1. The summed E-state index contributed by atoms with van der Waals surface area (Å²) in [7, 11) is 1.88. The minimum Gasteiger partial charge on any atom is -0.472 e. The van der Waals surface area contributed by atoms with Crippen molar-refractivity contribution in [2.75, 3.05) is 38.1 Å². The third kappa shape index (κ3) is 4.69. The van der Waals surface area contributed by atoms with E-state index in [9.17, 15) is 9.59 Å². The highest BCUT2D eigenvalue weighted by Crippen LogP contribution is 2.23. The number of piperidine rings is 2. The van der Waals surface area contributed by atoms with Crippen LogP contribution in [0.3, 0.4) is 0 Å². The summed E-state index contributed by atoms with van der Waals surface area (Å²) in [6, 6.07) is 10.3. The number of hydrogen-bond acceptors (Lipinski definition) is 4. The van der Waals surface area contributed by atoms with Crippen LogP contribution in [0.4, 0.5) is 5.69 Å². The first-order valence-electron chi connectivity index (χ1n) is 11.0. The predicted octanol–water partition coefficient (Wildman–Crippen LogP) is 3.78. The van der Waals surface area contributed by atoms with Crippen molar-refractivity contribution < 1.29 is 14.0 Å². The molecule has 2 aliphatic heterocycles. The summed E-state index contributed by atoms with van der Waals surface area (Å²) in [4.78, 5) is 31.4. The molecule has 6 nitrogen and oxygen atoms in total. The zero-order chi connectivity index (χ0) is 20.9. The smallest absolute Gasteiger partial charge is 0.257 e. The third-order valence-corrected chi connectivity index (χ3v) is 6.35. The van der Waals surface area contributed by atoms with Gasteiger partial charge in [0.05, 0.1) is 11.8 Å². The summed E-state index contributed by atoms with van der Waals surface area (Å²) in [5, 5.41) is 0. The van der Waals surface area contributed by atoms with Crippen molar-refractivity contribution in [3.63, 3.8) is 0 Å². The largest absolute Gasteiger partial charge is 0.472 e. The summed E-state index contributed by atoms with van der Waals surface area (Å²) in [5.74, 6) is 0.137. The highest BCUT2D eigenvalue weighted by Gasteiger charge is 2.29. The lowest BCUT2D eigenvalue weighted by molar-refractivity contribution is -0.136. The fourth-order valence-electron chi connectivity index (χ4n) is 4.53. The summed E-state index contributed by atoms with van der Waals surface area (Å²) in [6.07, 6.45) is 8.28. The number of nitrogens with zero attached hydrogens (tertiary/aromatic N) is 3. The fraction of sp³-hybridized carbons (Fsp3) is 0.500. The zero-order valence-corrected chi connectivity index (χ0v) is 17.8. The molecule has 0 unspecified atom stereocenters. The summed E-state index contributed by atoms with van der Waals surface area (Å²) < 4.78 is 5.00. The molecule has 2 aromatic rings. The zero-order valence-electron chi connectivity index (χ0n) is 17.8. The van der Waals surface area contributed by atoms with Crippen LogP contribution in [0.25, 0.3) is 0 Å². The number of hydrogen-bond donors (Lipinski definition) is 0. The second-order valence-electron chi connectivity index (χ2n) is 8.49. The van der Waals surface area contributed by atoms with E-state index >= 15 is 0 Å². The van der Waals surface area contributed by atoms with Gasteiger partial charge in [0, 0.05) is 51.4 Å². The number of amides is 2. The molecular weight excluding hydrogens is 378 g/mol. The highest BCUT2D eigenvalue weighted by atomic mass is 16.3. The monoisotopic (exact) mass is 409 g/mol. The molecule has 160 valence electrons. The van der Waals surface area contributed by atoms with E-state index in [1.54, 1.807) is 6.07 Å². The molecular formula is C24H31N3O3. The van der Waals surface area contributed by atoms with Crippen LogP contribution in [0.5, 0.6) is 0 Å². The molecule has 3 heterocycles. The quantitative estimate of drug-likeness (QED) is 0.754. The number of likely N-dealkylation sites (tertiary alicyclic amines) is 1. The van der Waals surface area contributed by atoms with E-state index < -0.39 is 0 Å². The Labute approximate surface area is 178 Å². The average Bonchev–Trinajstić information content (AvgIpc) is 3.34. The van der Waals surface area contributed by atoms with Crippen LogP contribution in [0.1, 0.15) is 48.0 Å². The number of carbonyl (C=O) groups excluding carboxylic acids is 2. The third-order valence-electron chi connectivity index (χ3n) is 6.35. The highest BCUT2D eigenvalue weighted by molar-refractivity contribution is 5.94. The van der Waals surface area contributed by atoms with Crippen molar-refractivity contribution >= 4 is 17.5 Å².